The molecule has 144 valence electrons. The van der Waals surface area contributed by atoms with E-state index >= 15 is 0 Å². The van der Waals surface area contributed by atoms with Crippen LogP contribution in [0.2, 0.25) is 0 Å². The van der Waals surface area contributed by atoms with Gasteiger partial charge in [0.25, 0.3) is 0 Å². The maximum absolute atomic E-state index is 12.7. The highest BCUT2D eigenvalue weighted by atomic mass is 32.2. The van der Waals surface area contributed by atoms with Crippen molar-refractivity contribution in [3.8, 4) is 11.5 Å². The molecule has 0 saturated carbocycles. The number of hydrogen-bond acceptors (Lipinski definition) is 6. The summed E-state index contributed by atoms with van der Waals surface area (Å²) in [6.45, 7) is 4.90. The van der Waals surface area contributed by atoms with Crippen LogP contribution in [0.25, 0.3) is 0 Å². The number of ether oxygens (including phenoxy) is 2. The summed E-state index contributed by atoms with van der Waals surface area (Å²) in [4.78, 5) is 20.4. The quantitative estimate of drug-likeness (QED) is 0.702. The molecule has 1 fully saturated rings. The topological polar surface area (TPSA) is 51.7 Å². The molecule has 2 aromatic rings. The summed E-state index contributed by atoms with van der Waals surface area (Å²) in [7, 11) is 0. The molecule has 0 radical (unpaired) electrons. The smallest absolute Gasteiger partial charge is 0.223 e. The zero-order valence-corrected chi connectivity index (χ0v) is 17.1. The molecule has 2 aliphatic heterocycles. The number of nitrogens with zero attached hydrogens (tertiary/aromatic N) is 2. The highest BCUT2D eigenvalue weighted by Crippen LogP contribution is 2.34. The highest BCUT2D eigenvalue weighted by Gasteiger charge is 2.26. The van der Waals surface area contributed by atoms with Gasteiger partial charge >= 0.3 is 0 Å². The van der Waals surface area contributed by atoms with Gasteiger partial charge in [-0.1, -0.05) is 0 Å². The average molecular weight is 405 g/mol. The predicted molar refractivity (Wildman–Crippen MR) is 108 cm³/mol. The second-order valence-corrected chi connectivity index (χ2v) is 8.97. The summed E-state index contributed by atoms with van der Waals surface area (Å²) in [5, 5.41) is 3.27. The summed E-state index contributed by atoms with van der Waals surface area (Å²) in [5.74, 6) is 3.02. The Balaban J connectivity index is 1.27. The van der Waals surface area contributed by atoms with Crippen LogP contribution in [0.5, 0.6) is 11.5 Å². The number of rotatable bonds is 5. The fraction of sp³-hybridized carbons (Fsp3) is 0.500. The largest absolute Gasteiger partial charge is 0.486 e. The van der Waals surface area contributed by atoms with Crippen molar-refractivity contribution >= 4 is 29.0 Å². The molecule has 0 spiro atoms. The third-order valence-electron chi connectivity index (χ3n) is 4.86. The first-order valence-electron chi connectivity index (χ1n) is 9.41. The number of thioether (sulfide) groups is 1. The molecule has 1 aromatic heterocycles. The van der Waals surface area contributed by atoms with Crippen LogP contribution in [0.15, 0.2) is 28.5 Å². The molecule has 0 N–H and O–H groups in total. The second-order valence-electron chi connectivity index (χ2n) is 6.91. The van der Waals surface area contributed by atoms with E-state index in [-0.39, 0.29) is 5.91 Å². The van der Waals surface area contributed by atoms with Crippen LogP contribution in [0.4, 0.5) is 0 Å². The van der Waals surface area contributed by atoms with Crippen LogP contribution in [0, 0.1) is 6.92 Å². The zero-order chi connectivity index (χ0) is 18.6. The van der Waals surface area contributed by atoms with Gasteiger partial charge in [-0.3, -0.25) is 4.79 Å². The van der Waals surface area contributed by atoms with Crippen LogP contribution in [0.1, 0.15) is 35.9 Å². The Hall–Kier alpha value is -1.73. The number of fused-ring (bicyclic) bond motifs is 1. The molecule has 0 aliphatic carbocycles. The molecule has 0 bridgehead atoms. The molecule has 1 aromatic carbocycles. The van der Waals surface area contributed by atoms with Crippen molar-refractivity contribution < 1.29 is 14.3 Å². The van der Waals surface area contributed by atoms with Crippen LogP contribution in [-0.4, -0.2) is 47.8 Å². The first kappa shape index (κ1) is 18.6. The van der Waals surface area contributed by atoms with E-state index in [9.17, 15) is 4.79 Å². The lowest BCUT2D eigenvalue weighted by molar-refractivity contribution is -0.131. The number of amides is 1. The number of carbonyl (C=O) groups excluding carboxylic acids is 1. The molecule has 5 nitrogen and oxygen atoms in total. The number of thiazole rings is 1. The van der Waals surface area contributed by atoms with Crippen molar-refractivity contribution in [2.75, 3.05) is 32.1 Å². The van der Waals surface area contributed by atoms with Gasteiger partial charge in [0.05, 0.1) is 5.01 Å². The molecular formula is C20H24N2O3S2. The first-order valence-corrected chi connectivity index (χ1v) is 11.3. The minimum Gasteiger partial charge on any atom is -0.486 e. The Morgan fingerprint density at radius 2 is 2.19 bits per heavy atom. The van der Waals surface area contributed by atoms with E-state index < -0.39 is 0 Å². The molecule has 0 unspecified atom stereocenters. The van der Waals surface area contributed by atoms with Gasteiger partial charge in [-0.15, -0.1) is 23.1 Å². The number of benzene rings is 1. The maximum atomic E-state index is 12.7. The monoisotopic (exact) mass is 404 g/mol. The van der Waals surface area contributed by atoms with Crippen LogP contribution in [-0.2, 0) is 4.79 Å². The van der Waals surface area contributed by atoms with E-state index in [1.165, 1.54) is 5.01 Å². The number of aryl methyl sites for hydroxylation is 1. The molecule has 2 aliphatic rings. The summed E-state index contributed by atoms with van der Waals surface area (Å²) in [5.41, 5.74) is 1.08. The van der Waals surface area contributed by atoms with Crippen molar-refractivity contribution in [3.05, 3.63) is 34.3 Å². The number of carbonyl (C=O) groups is 1. The van der Waals surface area contributed by atoms with Crippen LogP contribution < -0.4 is 9.47 Å². The highest BCUT2D eigenvalue weighted by molar-refractivity contribution is 7.99. The van der Waals surface area contributed by atoms with E-state index in [0.29, 0.717) is 25.6 Å². The number of hydrogen-bond donors (Lipinski definition) is 0. The first-order chi connectivity index (χ1) is 13.2. The minimum absolute atomic E-state index is 0.248. The minimum atomic E-state index is 0.248. The van der Waals surface area contributed by atoms with Crippen molar-refractivity contribution in [1.29, 1.82) is 0 Å². The molecule has 1 saturated heterocycles. The fourth-order valence-corrected chi connectivity index (χ4v) is 5.29. The summed E-state index contributed by atoms with van der Waals surface area (Å²) in [6.07, 6.45) is 2.75. The fourth-order valence-electron chi connectivity index (χ4n) is 3.49. The predicted octanol–water partition coefficient (Wildman–Crippen LogP) is 4.11. The second kappa shape index (κ2) is 8.52. The van der Waals surface area contributed by atoms with Crippen LogP contribution >= 0.6 is 23.1 Å². The molecule has 1 atom stereocenters. The third-order valence-corrected chi connectivity index (χ3v) is 6.98. The Kier molecular flexibility index (Phi) is 5.88. The molecule has 4 rings (SSSR count). The van der Waals surface area contributed by atoms with Crippen molar-refractivity contribution in [3.63, 3.8) is 0 Å². The Labute approximate surface area is 168 Å². The number of aromatic nitrogens is 1. The van der Waals surface area contributed by atoms with E-state index in [4.69, 9.17) is 9.47 Å². The SMILES string of the molecule is Cc1csc([C@@H]2CCCN(C(=O)CCSc3ccc4c(c3)OCCO4)C2)n1. The maximum Gasteiger partial charge on any atom is 0.223 e. The average Bonchev–Trinajstić information content (AvgIpc) is 3.14. The standard InChI is InChI=1S/C20H24N2O3S2/c1-14-13-27-20(21-14)15-3-2-7-22(12-15)19(23)6-10-26-16-4-5-17-18(11-16)25-9-8-24-17/h4-5,11,13,15H,2-3,6-10,12H2,1H3/t15-/m1/s1. The molecule has 27 heavy (non-hydrogen) atoms. The van der Waals surface area contributed by atoms with Crippen molar-refractivity contribution in [2.24, 2.45) is 0 Å². The van der Waals surface area contributed by atoms with Crippen molar-refractivity contribution in [1.82, 2.24) is 9.88 Å². The van der Waals surface area contributed by atoms with E-state index in [2.05, 4.69) is 10.4 Å². The normalized spacial score (nSPS) is 19.1. The summed E-state index contributed by atoms with van der Waals surface area (Å²) >= 11 is 3.41. The lowest BCUT2D eigenvalue weighted by Gasteiger charge is -2.32. The summed E-state index contributed by atoms with van der Waals surface area (Å²) < 4.78 is 11.2. The number of piperidine rings is 1. The Morgan fingerprint density at radius 1 is 1.33 bits per heavy atom. The van der Waals surface area contributed by atoms with Gasteiger partial charge in [0.1, 0.15) is 13.2 Å². The van der Waals surface area contributed by atoms with Gasteiger partial charge in [-0.05, 0) is 38.0 Å². The van der Waals surface area contributed by atoms with E-state index in [1.807, 2.05) is 30.0 Å². The van der Waals surface area contributed by atoms with Gasteiger partial charge in [-0.25, -0.2) is 4.98 Å². The Bertz CT molecular complexity index is 808. The molecule has 7 heteroatoms. The Morgan fingerprint density at radius 3 is 3.00 bits per heavy atom. The van der Waals surface area contributed by atoms with E-state index in [1.54, 1.807) is 23.1 Å². The number of likely N-dealkylation sites (tertiary alicyclic amines) is 1. The lowest BCUT2D eigenvalue weighted by atomic mass is 9.98. The van der Waals surface area contributed by atoms with Crippen LogP contribution in [0.3, 0.4) is 0 Å². The van der Waals surface area contributed by atoms with Gasteiger partial charge < -0.3 is 14.4 Å². The van der Waals surface area contributed by atoms with Crippen molar-refractivity contribution in [2.45, 2.75) is 37.0 Å². The lowest BCUT2D eigenvalue weighted by Crippen LogP contribution is -2.39. The molecular weight excluding hydrogens is 380 g/mol. The van der Waals surface area contributed by atoms with Gasteiger partial charge in [0.2, 0.25) is 5.91 Å². The van der Waals surface area contributed by atoms with Gasteiger partial charge in [0, 0.05) is 47.2 Å². The zero-order valence-electron chi connectivity index (χ0n) is 15.5. The molecule has 3 heterocycles. The molecule has 1 amide bonds. The summed E-state index contributed by atoms with van der Waals surface area (Å²) in [6, 6.07) is 5.99. The third kappa shape index (κ3) is 4.58. The van der Waals surface area contributed by atoms with E-state index in [0.717, 1.165) is 53.8 Å². The van der Waals surface area contributed by atoms with Gasteiger partial charge in [-0.2, -0.15) is 0 Å². The van der Waals surface area contributed by atoms with Gasteiger partial charge in [0.15, 0.2) is 11.5 Å².